The Kier molecular flexibility index (Phi) is 7.11. The predicted octanol–water partition coefficient (Wildman–Crippen LogP) is 4.00. The van der Waals surface area contributed by atoms with Gasteiger partial charge < -0.3 is 9.13 Å². The lowest BCUT2D eigenvalue weighted by Gasteiger charge is -1.89. The maximum absolute atomic E-state index is 2.17. The molecular weight excluding hydrogens is 208 g/mol. The molecule has 0 N–H and O–H groups in total. The Bertz CT molecular complexity index is 386. The second kappa shape index (κ2) is 7.77. The first-order valence-corrected chi connectivity index (χ1v) is 6.17. The second-order valence-corrected chi connectivity index (χ2v) is 4.12. The van der Waals surface area contributed by atoms with E-state index in [2.05, 4.69) is 56.9 Å². The van der Waals surface area contributed by atoms with Crippen molar-refractivity contribution in [3.63, 3.8) is 0 Å². The number of rotatable bonds is 0. The summed E-state index contributed by atoms with van der Waals surface area (Å²) in [6.07, 6.45) is 6.24. The Morgan fingerprint density at radius 3 is 1.59 bits per heavy atom. The van der Waals surface area contributed by atoms with E-state index in [1.807, 2.05) is 31.7 Å². The van der Waals surface area contributed by atoms with Crippen molar-refractivity contribution in [2.75, 3.05) is 0 Å². The topological polar surface area (TPSA) is 9.86 Å². The lowest BCUT2D eigenvalue weighted by atomic mass is 10.4. The van der Waals surface area contributed by atoms with E-state index in [9.17, 15) is 0 Å². The van der Waals surface area contributed by atoms with Gasteiger partial charge in [-0.15, -0.1) is 0 Å². The Morgan fingerprint density at radius 2 is 1.47 bits per heavy atom. The first-order valence-electron chi connectivity index (χ1n) is 6.17. The van der Waals surface area contributed by atoms with Gasteiger partial charge in [0.15, 0.2) is 0 Å². The normalized spacial score (nSPS) is 8.88. The van der Waals surface area contributed by atoms with E-state index in [-0.39, 0.29) is 0 Å². The predicted molar refractivity (Wildman–Crippen MR) is 76.4 cm³/mol. The third-order valence-electron chi connectivity index (χ3n) is 2.37. The van der Waals surface area contributed by atoms with Gasteiger partial charge in [-0.05, 0) is 44.0 Å². The van der Waals surface area contributed by atoms with Crippen molar-refractivity contribution < 1.29 is 0 Å². The molecule has 2 heterocycles. The molecule has 0 aromatic carbocycles. The van der Waals surface area contributed by atoms with E-state index < -0.39 is 0 Å². The number of hydrogen-bond acceptors (Lipinski definition) is 0. The van der Waals surface area contributed by atoms with Crippen LogP contribution in [0.5, 0.6) is 0 Å². The highest BCUT2D eigenvalue weighted by Crippen LogP contribution is 2.02. The fourth-order valence-electron chi connectivity index (χ4n) is 1.52. The van der Waals surface area contributed by atoms with Crippen molar-refractivity contribution >= 4 is 0 Å². The molecule has 0 amide bonds. The zero-order chi connectivity index (χ0) is 13.4. The van der Waals surface area contributed by atoms with Crippen LogP contribution in [0.4, 0.5) is 0 Å². The van der Waals surface area contributed by atoms with Gasteiger partial charge in [-0.25, -0.2) is 0 Å². The quantitative estimate of drug-likeness (QED) is 0.652. The summed E-state index contributed by atoms with van der Waals surface area (Å²) in [5, 5.41) is 0. The van der Waals surface area contributed by atoms with Crippen molar-refractivity contribution in [3.05, 3.63) is 47.5 Å². The molecule has 0 spiro atoms. The highest BCUT2D eigenvalue weighted by Gasteiger charge is 1.89. The summed E-state index contributed by atoms with van der Waals surface area (Å²) >= 11 is 0. The van der Waals surface area contributed by atoms with Gasteiger partial charge in [0.1, 0.15) is 0 Å². The first-order chi connectivity index (χ1) is 7.99. The molecule has 0 saturated heterocycles. The van der Waals surface area contributed by atoms with Crippen LogP contribution in [0.2, 0.25) is 0 Å². The van der Waals surface area contributed by atoms with E-state index in [0.717, 1.165) is 0 Å². The zero-order valence-electron chi connectivity index (χ0n) is 12.3. The summed E-state index contributed by atoms with van der Waals surface area (Å²) in [4.78, 5) is 0. The molecule has 2 rings (SSSR count). The minimum Gasteiger partial charge on any atom is -0.357 e. The number of aryl methyl sites for hydroxylation is 5. The summed E-state index contributed by atoms with van der Waals surface area (Å²) in [6.45, 7) is 10.3. The molecule has 2 aromatic heterocycles. The van der Waals surface area contributed by atoms with E-state index in [4.69, 9.17) is 0 Å². The third kappa shape index (κ3) is 6.00. The molecule has 0 aliphatic rings. The van der Waals surface area contributed by atoms with Crippen molar-refractivity contribution in [2.45, 2.75) is 34.6 Å². The van der Waals surface area contributed by atoms with Gasteiger partial charge in [-0.3, -0.25) is 0 Å². The summed E-state index contributed by atoms with van der Waals surface area (Å²) < 4.78 is 4.16. The highest BCUT2D eigenvalue weighted by atomic mass is 14.9. The van der Waals surface area contributed by atoms with E-state index >= 15 is 0 Å². The van der Waals surface area contributed by atoms with Gasteiger partial charge in [0.2, 0.25) is 0 Å². The Labute approximate surface area is 106 Å². The maximum Gasteiger partial charge on any atom is 0.0143 e. The molecule has 2 aromatic rings. The van der Waals surface area contributed by atoms with Crippen LogP contribution in [0.25, 0.3) is 0 Å². The molecule has 0 radical (unpaired) electrons. The Hall–Kier alpha value is -1.44. The Morgan fingerprint density at radius 1 is 0.882 bits per heavy atom. The second-order valence-electron chi connectivity index (χ2n) is 4.12. The highest BCUT2D eigenvalue weighted by molar-refractivity contribution is 5.14. The van der Waals surface area contributed by atoms with E-state index in [1.54, 1.807) is 0 Å². The van der Waals surface area contributed by atoms with Gasteiger partial charge >= 0.3 is 0 Å². The minimum atomic E-state index is 1.32. The van der Waals surface area contributed by atoms with Crippen LogP contribution in [-0.2, 0) is 14.1 Å². The average molecular weight is 234 g/mol. The zero-order valence-corrected chi connectivity index (χ0v) is 12.3. The minimum absolute atomic E-state index is 1.32. The van der Waals surface area contributed by atoms with Crippen LogP contribution in [0.1, 0.15) is 30.7 Å². The number of hydrogen-bond donors (Lipinski definition) is 0. The summed E-state index contributed by atoms with van der Waals surface area (Å²) in [5.41, 5.74) is 3.98. The standard InChI is InChI=1S/C7H11N.C6H9N.C2H6/c1-6-4-7(2)8(3)5-6;1-6-3-4-7(2)5-6;1-2/h4-5H,1-3H3;3-5H,1-2H3;1-2H3. The lowest BCUT2D eigenvalue weighted by Crippen LogP contribution is -1.84. The Balaban J connectivity index is 0.000000265. The largest absolute Gasteiger partial charge is 0.357 e. The number of aromatic nitrogens is 2. The summed E-state index contributed by atoms with van der Waals surface area (Å²) in [6, 6.07) is 4.25. The van der Waals surface area contributed by atoms with E-state index in [1.165, 1.54) is 16.8 Å². The van der Waals surface area contributed by atoms with E-state index in [0.29, 0.717) is 0 Å². The molecule has 0 aliphatic heterocycles. The molecule has 17 heavy (non-hydrogen) atoms. The van der Waals surface area contributed by atoms with Crippen LogP contribution in [-0.4, -0.2) is 9.13 Å². The van der Waals surface area contributed by atoms with Gasteiger partial charge in [-0.1, -0.05) is 13.8 Å². The van der Waals surface area contributed by atoms with Crippen LogP contribution in [0.3, 0.4) is 0 Å². The van der Waals surface area contributed by atoms with Crippen molar-refractivity contribution in [1.82, 2.24) is 9.13 Å². The van der Waals surface area contributed by atoms with Gasteiger partial charge in [-0.2, -0.15) is 0 Å². The molecule has 0 atom stereocenters. The van der Waals surface area contributed by atoms with Crippen molar-refractivity contribution in [1.29, 1.82) is 0 Å². The smallest absolute Gasteiger partial charge is 0.0143 e. The molecule has 0 bridgehead atoms. The van der Waals surface area contributed by atoms with Gasteiger partial charge in [0.05, 0.1) is 0 Å². The van der Waals surface area contributed by atoms with Crippen LogP contribution in [0, 0.1) is 20.8 Å². The molecular formula is C15H26N2. The molecule has 0 unspecified atom stereocenters. The maximum atomic E-state index is 2.17. The SMILES string of the molecule is CC.Cc1cc(C)n(C)c1.Cc1ccn(C)c1. The summed E-state index contributed by atoms with van der Waals surface area (Å²) in [7, 11) is 4.08. The summed E-state index contributed by atoms with van der Waals surface area (Å²) in [5.74, 6) is 0. The van der Waals surface area contributed by atoms with Crippen molar-refractivity contribution in [2.24, 2.45) is 14.1 Å². The molecule has 2 heteroatoms. The van der Waals surface area contributed by atoms with Gasteiger partial charge in [0.25, 0.3) is 0 Å². The molecule has 0 aliphatic carbocycles. The molecule has 0 saturated carbocycles. The fraction of sp³-hybridized carbons (Fsp3) is 0.467. The van der Waals surface area contributed by atoms with Gasteiger partial charge in [0, 0.05) is 38.4 Å². The first kappa shape index (κ1) is 15.6. The molecule has 0 fully saturated rings. The molecule has 2 nitrogen and oxygen atoms in total. The average Bonchev–Trinajstić information content (AvgIpc) is 2.77. The lowest BCUT2D eigenvalue weighted by molar-refractivity contribution is 0.880. The van der Waals surface area contributed by atoms with Crippen LogP contribution < -0.4 is 0 Å². The van der Waals surface area contributed by atoms with Crippen LogP contribution >= 0.6 is 0 Å². The fourth-order valence-corrected chi connectivity index (χ4v) is 1.52. The molecule has 96 valence electrons. The van der Waals surface area contributed by atoms with Crippen molar-refractivity contribution in [3.8, 4) is 0 Å². The van der Waals surface area contributed by atoms with Crippen LogP contribution in [0.15, 0.2) is 30.7 Å². The third-order valence-corrected chi connectivity index (χ3v) is 2.37. The number of nitrogens with zero attached hydrogens (tertiary/aromatic N) is 2. The monoisotopic (exact) mass is 234 g/mol.